The van der Waals surface area contributed by atoms with E-state index >= 15 is 0 Å². The molecule has 64 valence electrons. The van der Waals surface area contributed by atoms with E-state index in [1.165, 1.54) is 5.01 Å². The Bertz CT molecular complexity index is 293. The third-order valence-electron chi connectivity index (χ3n) is 2.06. The maximum Gasteiger partial charge on any atom is 0.190 e. The molecule has 0 radical (unpaired) electrons. The van der Waals surface area contributed by atoms with Gasteiger partial charge in [0.2, 0.25) is 0 Å². The van der Waals surface area contributed by atoms with Gasteiger partial charge in [-0.15, -0.1) is 0 Å². The zero-order valence-corrected chi connectivity index (χ0v) is 6.78. The molecular formula is C8H10N2O2. The molecular weight excluding hydrogens is 156 g/mol. The lowest BCUT2D eigenvalue weighted by atomic mass is 9.98. The molecule has 2 aliphatic rings. The Balaban J connectivity index is 2.41. The zero-order chi connectivity index (χ0) is 8.72. The van der Waals surface area contributed by atoms with Crippen LogP contribution in [0.25, 0.3) is 0 Å². The van der Waals surface area contributed by atoms with Gasteiger partial charge in [-0.2, -0.15) is 0 Å². The van der Waals surface area contributed by atoms with Crippen molar-refractivity contribution in [1.82, 2.24) is 5.01 Å². The molecule has 0 aromatic heterocycles. The van der Waals surface area contributed by atoms with Crippen molar-refractivity contribution in [2.45, 2.75) is 6.92 Å². The summed E-state index contributed by atoms with van der Waals surface area (Å²) >= 11 is 0. The van der Waals surface area contributed by atoms with E-state index in [4.69, 9.17) is 10.6 Å². The topological polar surface area (TPSA) is 55.6 Å². The van der Waals surface area contributed by atoms with Crippen molar-refractivity contribution in [2.75, 3.05) is 6.73 Å². The van der Waals surface area contributed by atoms with Gasteiger partial charge in [0.15, 0.2) is 12.5 Å². The molecule has 12 heavy (non-hydrogen) atoms. The van der Waals surface area contributed by atoms with E-state index in [2.05, 4.69) is 0 Å². The summed E-state index contributed by atoms with van der Waals surface area (Å²) in [6.07, 6.45) is 3.62. The van der Waals surface area contributed by atoms with E-state index in [-0.39, 0.29) is 18.4 Å². The smallest absolute Gasteiger partial charge is 0.190 e. The van der Waals surface area contributed by atoms with Crippen molar-refractivity contribution in [3.63, 3.8) is 0 Å². The molecule has 1 heterocycles. The van der Waals surface area contributed by atoms with Crippen LogP contribution in [0, 0.1) is 5.92 Å². The van der Waals surface area contributed by atoms with Gasteiger partial charge in [0, 0.05) is 5.92 Å². The van der Waals surface area contributed by atoms with Crippen LogP contribution in [0.5, 0.6) is 0 Å². The van der Waals surface area contributed by atoms with Crippen molar-refractivity contribution in [2.24, 2.45) is 11.8 Å². The fourth-order valence-corrected chi connectivity index (χ4v) is 1.34. The number of nitrogens with zero attached hydrogens (tertiary/aromatic N) is 1. The van der Waals surface area contributed by atoms with Crippen molar-refractivity contribution >= 4 is 5.78 Å². The number of ketones is 1. The molecule has 0 aromatic carbocycles. The molecule has 1 aliphatic carbocycles. The predicted molar refractivity (Wildman–Crippen MR) is 42.3 cm³/mol. The fraction of sp³-hybridized carbons (Fsp3) is 0.375. The molecule has 2 N–H and O–H groups in total. The van der Waals surface area contributed by atoms with Gasteiger partial charge >= 0.3 is 0 Å². The number of Topliss-reactive ketones (excluding diaryl/α,β-unsaturated/α-hetero) is 1. The molecule has 1 atom stereocenters. The minimum atomic E-state index is -0.0866. The molecule has 0 saturated heterocycles. The number of nitrogens with two attached hydrogens (primary N) is 1. The summed E-state index contributed by atoms with van der Waals surface area (Å²) in [5.74, 6) is 6.08. The van der Waals surface area contributed by atoms with E-state index in [0.717, 1.165) is 0 Å². The third-order valence-corrected chi connectivity index (χ3v) is 2.06. The maximum atomic E-state index is 11.5. The summed E-state index contributed by atoms with van der Waals surface area (Å²) in [5, 5.41) is 1.34. The molecule has 0 spiro atoms. The fourth-order valence-electron chi connectivity index (χ4n) is 1.34. The summed E-state index contributed by atoms with van der Waals surface area (Å²) in [6.45, 7) is 2.11. The highest BCUT2D eigenvalue weighted by Gasteiger charge is 2.31. The molecule has 0 saturated carbocycles. The first kappa shape index (κ1) is 7.36. The highest BCUT2D eigenvalue weighted by atomic mass is 16.5. The van der Waals surface area contributed by atoms with Gasteiger partial charge in [-0.25, -0.2) is 5.84 Å². The first-order valence-electron chi connectivity index (χ1n) is 3.82. The SMILES string of the molecule is C[C@H]1C=CC2=C(C1=O)N(N)CO2. The van der Waals surface area contributed by atoms with Crippen molar-refractivity contribution in [3.05, 3.63) is 23.6 Å². The number of rotatable bonds is 0. The molecule has 4 nitrogen and oxygen atoms in total. The lowest BCUT2D eigenvalue weighted by molar-refractivity contribution is -0.119. The van der Waals surface area contributed by atoms with Crippen LogP contribution in [0.15, 0.2) is 23.6 Å². The van der Waals surface area contributed by atoms with Gasteiger partial charge in [-0.1, -0.05) is 13.0 Å². The predicted octanol–water partition coefficient (Wildman–Crippen LogP) is 0.136. The summed E-state index contributed by atoms with van der Waals surface area (Å²) in [5.41, 5.74) is 0.505. The van der Waals surface area contributed by atoms with Crippen LogP contribution in [-0.2, 0) is 9.53 Å². The van der Waals surface area contributed by atoms with E-state index in [9.17, 15) is 4.79 Å². The number of carbonyl (C=O) groups excluding carboxylic acids is 1. The number of carbonyl (C=O) groups is 1. The average Bonchev–Trinajstić information content (AvgIpc) is 2.41. The summed E-state index contributed by atoms with van der Waals surface area (Å²) in [4.78, 5) is 11.5. The van der Waals surface area contributed by atoms with Gasteiger partial charge in [-0.3, -0.25) is 9.80 Å². The van der Waals surface area contributed by atoms with Gasteiger partial charge in [-0.05, 0) is 6.08 Å². The van der Waals surface area contributed by atoms with Crippen LogP contribution < -0.4 is 5.84 Å². The Morgan fingerprint density at radius 1 is 1.75 bits per heavy atom. The number of ether oxygens (including phenoxy) is 1. The van der Waals surface area contributed by atoms with Gasteiger partial charge in [0.25, 0.3) is 0 Å². The second-order valence-electron chi connectivity index (χ2n) is 2.97. The van der Waals surface area contributed by atoms with E-state index in [1.807, 2.05) is 13.0 Å². The Labute approximate surface area is 70.2 Å². The second-order valence-corrected chi connectivity index (χ2v) is 2.97. The molecule has 0 amide bonds. The summed E-state index contributed by atoms with van der Waals surface area (Å²) < 4.78 is 5.16. The molecule has 0 aromatic rings. The van der Waals surface area contributed by atoms with E-state index in [0.29, 0.717) is 11.5 Å². The molecule has 0 unspecified atom stereocenters. The Kier molecular flexibility index (Phi) is 1.44. The highest BCUT2D eigenvalue weighted by Crippen LogP contribution is 2.26. The molecule has 1 aliphatic heterocycles. The van der Waals surface area contributed by atoms with Crippen LogP contribution in [0.3, 0.4) is 0 Å². The lowest BCUT2D eigenvalue weighted by Crippen LogP contribution is -2.33. The minimum Gasteiger partial charge on any atom is -0.469 e. The summed E-state index contributed by atoms with van der Waals surface area (Å²) in [6, 6.07) is 0. The zero-order valence-electron chi connectivity index (χ0n) is 6.78. The number of hydrogen-bond donors (Lipinski definition) is 1. The van der Waals surface area contributed by atoms with E-state index in [1.54, 1.807) is 6.08 Å². The van der Waals surface area contributed by atoms with E-state index < -0.39 is 0 Å². The molecule has 2 rings (SSSR count). The first-order valence-corrected chi connectivity index (χ1v) is 3.82. The number of allylic oxidation sites excluding steroid dienone is 3. The Morgan fingerprint density at radius 2 is 2.50 bits per heavy atom. The van der Waals surface area contributed by atoms with Crippen molar-refractivity contribution in [1.29, 1.82) is 0 Å². The quantitative estimate of drug-likeness (QED) is 0.520. The average molecular weight is 166 g/mol. The largest absolute Gasteiger partial charge is 0.469 e. The standard InChI is InChI=1S/C8H10N2O2/c1-5-2-3-6-7(8(5)11)10(9)4-12-6/h2-3,5H,4,9H2,1H3/t5-/m0/s1. The Hall–Kier alpha value is -1.29. The van der Waals surface area contributed by atoms with Gasteiger partial charge in [0.05, 0.1) is 0 Å². The van der Waals surface area contributed by atoms with Crippen LogP contribution in [-0.4, -0.2) is 17.5 Å². The molecule has 0 fully saturated rings. The van der Waals surface area contributed by atoms with Crippen LogP contribution in [0.1, 0.15) is 6.92 Å². The maximum absolute atomic E-state index is 11.5. The van der Waals surface area contributed by atoms with Gasteiger partial charge < -0.3 is 4.74 Å². The first-order chi connectivity index (χ1) is 5.70. The van der Waals surface area contributed by atoms with Gasteiger partial charge in [0.1, 0.15) is 11.5 Å². The lowest BCUT2D eigenvalue weighted by Gasteiger charge is -2.15. The molecule has 0 bridgehead atoms. The third kappa shape index (κ3) is 0.848. The monoisotopic (exact) mass is 166 g/mol. The normalized spacial score (nSPS) is 27.7. The van der Waals surface area contributed by atoms with Crippen LogP contribution >= 0.6 is 0 Å². The minimum absolute atomic E-state index is 0.0347. The number of hydrazine groups is 1. The second kappa shape index (κ2) is 2.35. The van der Waals surface area contributed by atoms with Crippen LogP contribution in [0.2, 0.25) is 0 Å². The number of hydrogen-bond acceptors (Lipinski definition) is 4. The summed E-state index contributed by atoms with van der Waals surface area (Å²) in [7, 11) is 0. The Morgan fingerprint density at radius 3 is 3.25 bits per heavy atom. The van der Waals surface area contributed by atoms with Crippen molar-refractivity contribution < 1.29 is 9.53 Å². The molecule has 4 heteroatoms. The van der Waals surface area contributed by atoms with Crippen molar-refractivity contribution in [3.8, 4) is 0 Å². The highest BCUT2D eigenvalue weighted by molar-refractivity contribution is 5.99. The van der Waals surface area contributed by atoms with Crippen LogP contribution in [0.4, 0.5) is 0 Å².